The molecule has 1 fully saturated rings. The maximum Gasteiger partial charge on any atom is 0.247 e. The maximum atomic E-state index is 10.5. The Morgan fingerprint density at radius 1 is 1.03 bits per heavy atom. The number of β-amino-alcohol motifs (C(OH)–C–C–N with tert-alkyl or cyclic N) is 1. The molecule has 0 radical (unpaired) electrons. The molecule has 0 spiro atoms. The van der Waals surface area contributed by atoms with Crippen LogP contribution in [0.1, 0.15) is 16.5 Å². The van der Waals surface area contributed by atoms with Gasteiger partial charge < -0.3 is 14.3 Å². The van der Waals surface area contributed by atoms with Gasteiger partial charge in [-0.15, -0.1) is 21.5 Å². The molecule has 0 aliphatic carbocycles. The molecule has 178 valence electrons. The first-order chi connectivity index (χ1) is 16.5. The highest BCUT2D eigenvalue weighted by Gasteiger charge is 2.21. The van der Waals surface area contributed by atoms with Gasteiger partial charge in [0.2, 0.25) is 11.8 Å². The molecule has 0 saturated carbocycles. The van der Waals surface area contributed by atoms with E-state index in [0.717, 1.165) is 52.7 Å². The molecule has 1 aliphatic heterocycles. The average molecular weight is 480 g/mol. The van der Waals surface area contributed by atoms with Gasteiger partial charge in [-0.05, 0) is 38.1 Å². The quantitative estimate of drug-likeness (QED) is 0.411. The van der Waals surface area contributed by atoms with Crippen LogP contribution in [0.4, 0.5) is 0 Å². The van der Waals surface area contributed by atoms with Crippen LogP contribution in [0, 0.1) is 13.8 Å². The third-order valence-electron chi connectivity index (χ3n) is 5.97. The summed E-state index contributed by atoms with van der Waals surface area (Å²) in [5.74, 6) is 1.93. The van der Waals surface area contributed by atoms with Crippen molar-refractivity contribution >= 4 is 21.6 Å². The monoisotopic (exact) mass is 479 g/mol. The predicted molar refractivity (Wildman–Crippen MR) is 132 cm³/mol. The zero-order valence-corrected chi connectivity index (χ0v) is 20.3. The number of aliphatic hydroxyl groups is 1. The molecular formula is C25H29N5O3S. The van der Waals surface area contributed by atoms with Gasteiger partial charge in [-0.25, -0.2) is 4.98 Å². The number of nitrogens with zero attached hydrogens (tertiary/aromatic N) is 5. The van der Waals surface area contributed by atoms with E-state index in [2.05, 4.69) is 31.9 Å². The van der Waals surface area contributed by atoms with Gasteiger partial charge in [-0.3, -0.25) is 9.80 Å². The summed E-state index contributed by atoms with van der Waals surface area (Å²) < 4.78 is 12.8. The van der Waals surface area contributed by atoms with Crippen molar-refractivity contribution in [3.05, 3.63) is 58.9 Å². The molecule has 0 unspecified atom stereocenters. The molecule has 9 heteroatoms. The van der Waals surface area contributed by atoms with E-state index in [0.29, 0.717) is 24.9 Å². The fraction of sp³-hybridized carbons (Fsp3) is 0.400. The van der Waals surface area contributed by atoms with E-state index in [9.17, 15) is 5.11 Å². The van der Waals surface area contributed by atoms with E-state index in [1.54, 1.807) is 11.3 Å². The van der Waals surface area contributed by atoms with Crippen LogP contribution in [0.2, 0.25) is 0 Å². The van der Waals surface area contributed by atoms with Crippen LogP contribution in [0.3, 0.4) is 0 Å². The molecule has 4 aromatic rings. The summed E-state index contributed by atoms with van der Waals surface area (Å²) in [6, 6.07) is 14.0. The van der Waals surface area contributed by atoms with Crippen LogP contribution in [0.15, 0.2) is 46.9 Å². The smallest absolute Gasteiger partial charge is 0.247 e. The van der Waals surface area contributed by atoms with Crippen molar-refractivity contribution in [1.82, 2.24) is 25.0 Å². The Hall–Kier alpha value is -2.85. The van der Waals surface area contributed by atoms with Crippen LogP contribution in [0.25, 0.3) is 21.7 Å². The molecule has 0 amide bonds. The molecule has 1 aliphatic rings. The number of rotatable bonds is 8. The number of piperazine rings is 1. The number of fused-ring (bicyclic) bond motifs is 1. The van der Waals surface area contributed by atoms with Crippen molar-refractivity contribution in [3.63, 3.8) is 0 Å². The molecule has 2 aromatic heterocycles. The van der Waals surface area contributed by atoms with Gasteiger partial charge >= 0.3 is 0 Å². The second-order valence-corrected chi connectivity index (χ2v) is 10.0. The minimum atomic E-state index is -0.549. The molecule has 2 aromatic carbocycles. The number of hydrogen-bond acceptors (Lipinski definition) is 9. The Morgan fingerprint density at radius 2 is 1.79 bits per heavy atom. The van der Waals surface area contributed by atoms with Crippen LogP contribution in [-0.4, -0.2) is 75.5 Å². The number of aromatic nitrogens is 3. The lowest BCUT2D eigenvalue weighted by atomic mass is 10.1. The molecule has 5 rings (SSSR count). The second kappa shape index (κ2) is 10.2. The van der Waals surface area contributed by atoms with Crippen LogP contribution < -0.4 is 4.74 Å². The molecule has 1 atom stereocenters. The SMILES string of the molecule is Cc1ccc(-c2nnc(CN3CCN(C[C@@H](O)COc4ccc5sc(C)nc5c4)CC3)o2)cc1. The molecular weight excluding hydrogens is 450 g/mol. The van der Waals surface area contributed by atoms with Crippen molar-refractivity contribution in [3.8, 4) is 17.2 Å². The molecule has 0 bridgehead atoms. The highest BCUT2D eigenvalue weighted by Crippen LogP contribution is 2.25. The highest BCUT2D eigenvalue weighted by molar-refractivity contribution is 7.18. The van der Waals surface area contributed by atoms with Crippen molar-refractivity contribution < 1.29 is 14.3 Å². The summed E-state index contributed by atoms with van der Waals surface area (Å²) in [7, 11) is 0. The lowest BCUT2D eigenvalue weighted by Crippen LogP contribution is -2.48. The lowest BCUT2D eigenvalue weighted by Gasteiger charge is -2.34. The first-order valence-electron chi connectivity index (χ1n) is 11.5. The Labute approximate surface area is 202 Å². The van der Waals surface area contributed by atoms with Crippen LogP contribution in [-0.2, 0) is 6.54 Å². The number of ether oxygens (including phenoxy) is 1. The highest BCUT2D eigenvalue weighted by atomic mass is 32.1. The van der Waals surface area contributed by atoms with Crippen molar-refractivity contribution in [2.45, 2.75) is 26.5 Å². The summed E-state index contributed by atoms with van der Waals surface area (Å²) in [4.78, 5) is 9.07. The third-order valence-corrected chi connectivity index (χ3v) is 6.92. The summed E-state index contributed by atoms with van der Waals surface area (Å²) in [6.45, 7) is 9.06. The maximum absolute atomic E-state index is 10.5. The molecule has 34 heavy (non-hydrogen) atoms. The molecule has 8 nitrogen and oxygen atoms in total. The van der Waals surface area contributed by atoms with Crippen LogP contribution >= 0.6 is 11.3 Å². The first-order valence-corrected chi connectivity index (χ1v) is 12.4. The number of hydrogen-bond donors (Lipinski definition) is 1. The first kappa shape index (κ1) is 22.9. The Bertz CT molecular complexity index is 1230. The van der Waals surface area contributed by atoms with Crippen molar-refractivity contribution in [2.24, 2.45) is 0 Å². The topological polar surface area (TPSA) is 87.8 Å². The molecule has 3 heterocycles. The number of aryl methyl sites for hydroxylation is 2. The standard InChI is InChI=1S/C25H29N5O3S/c1-17-3-5-19(6-4-17)25-28-27-24(33-25)15-30-11-9-29(10-12-30)14-20(31)16-32-21-7-8-23-22(13-21)26-18(2)34-23/h3-8,13,20,31H,9-12,14-16H2,1-2H3/t20-/m1/s1. The van der Waals surface area contributed by atoms with E-state index in [1.807, 2.05) is 49.4 Å². The largest absolute Gasteiger partial charge is 0.491 e. The number of aliphatic hydroxyl groups excluding tert-OH is 1. The molecule has 1 N–H and O–H groups in total. The summed E-state index contributed by atoms with van der Waals surface area (Å²) in [5.41, 5.74) is 3.08. The van der Waals surface area contributed by atoms with Gasteiger partial charge in [0.05, 0.1) is 21.8 Å². The van der Waals surface area contributed by atoms with Gasteiger partial charge in [-0.1, -0.05) is 17.7 Å². The van der Waals surface area contributed by atoms with Crippen molar-refractivity contribution in [1.29, 1.82) is 0 Å². The van der Waals surface area contributed by atoms with Crippen LogP contribution in [0.5, 0.6) is 5.75 Å². The van der Waals surface area contributed by atoms with Gasteiger partial charge in [0, 0.05) is 44.4 Å². The Balaban J connectivity index is 1.05. The van der Waals surface area contributed by atoms with E-state index < -0.39 is 6.10 Å². The van der Waals surface area contributed by atoms with Gasteiger partial charge in [0.25, 0.3) is 0 Å². The average Bonchev–Trinajstić information content (AvgIpc) is 3.44. The second-order valence-electron chi connectivity index (χ2n) is 8.77. The predicted octanol–water partition coefficient (Wildman–Crippen LogP) is 3.52. The minimum absolute atomic E-state index is 0.263. The van der Waals surface area contributed by atoms with E-state index in [4.69, 9.17) is 9.15 Å². The Kier molecular flexibility index (Phi) is 6.87. The zero-order chi connectivity index (χ0) is 23.5. The minimum Gasteiger partial charge on any atom is -0.491 e. The summed E-state index contributed by atoms with van der Waals surface area (Å²) in [6.07, 6.45) is -0.549. The van der Waals surface area contributed by atoms with E-state index >= 15 is 0 Å². The van der Waals surface area contributed by atoms with Crippen molar-refractivity contribution in [2.75, 3.05) is 39.3 Å². The fourth-order valence-electron chi connectivity index (χ4n) is 4.11. The fourth-order valence-corrected chi connectivity index (χ4v) is 4.91. The van der Waals surface area contributed by atoms with Gasteiger partial charge in [0.1, 0.15) is 18.5 Å². The van der Waals surface area contributed by atoms with E-state index in [1.165, 1.54) is 5.56 Å². The van der Waals surface area contributed by atoms with E-state index in [-0.39, 0.29) is 6.61 Å². The van der Waals surface area contributed by atoms with Gasteiger partial charge in [0.15, 0.2) is 0 Å². The number of benzene rings is 2. The van der Waals surface area contributed by atoms with Gasteiger partial charge in [-0.2, -0.15) is 0 Å². The normalized spacial score (nSPS) is 16.2. The summed E-state index contributed by atoms with van der Waals surface area (Å²) in [5, 5.41) is 19.9. The number of thiazole rings is 1. The zero-order valence-electron chi connectivity index (χ0n) is 19.5. The third kappa shape index (κ3) is 5.61. The molecule has 1 saturated heterocycles. The Morgan fingerprint density at radius 3 is 2.59 bits per heavy atom. The summed E-state index contributed by atoms with van der Waals surface area (Å²) >= 11 is 1.67. The lowest BCUT2D eigenvalue weighted by molar-refractivity contribution is 0.0431.